The average Bonchev–Trinajstić information content (AvgIpc) is 3.41. The monoisotopic (exact) mass is 422 g/mol. The van der Waals surface area contributed by atoms with Crippen LogP contribution in [-0.4, -0.2) is 74.9 Å². The van der Waals surface area contributed by atoms with Crippen molar-refractivity contribution in [2.75, 3.05) is 13.1 Å². The molecule has 4 atom stereocenters. The van der Waals surface area contributed by atoms with Crippen LogP contribution in [0.5, 0.6) is 0 Å². The van der Waals surface area contributed by atoms with Gasteiger partial charge in [0.2, 0.25) is 17.7 Å². The minimum atomic E-state index is -1.07. The van der Waals surface area contributed by atoms with Gasteiger partial charge in [-0.2, -0.15) is 0 Å². The van der Waals surface area contributed by atoms with Gasteiger partial charge in [0.05, 0.1) is 12.9 Å². The van der Waals surface area contributed by atoms with Gasteiger partial charge in [0.25, 0.3) is 0 Å². The minimum Gasteiger partial charge on any atom is -0.480 e. The molecule has 1 fully saturated rings. The van der Waals surface area contributed by atoms with Crippen LogP contribution in [0.15, 0.2) is 12.5 Å². The fraction of sp³-hybridized carbons (Fsp3) is 0.632. The topological polar surface area (TPSA) is 171 Å². The van der Waals surface area contributed by atoms with Crippen molar-refractivity contribution in [2.45, 2.75) is 57.7 Å². The molecule has 1 saturated heterocycles. The summed E-state index contributed by atoms with van der Waals surface area (Å²) in [6.07, 6.45) is 4.68. The maximum absolute atomic E-state index is 13.2. The van der Waals surface area contributed by atoms with Gasteiger partial charge in [0.1, 0.15) is 18.1 Å². The summed E-state index contributed by atoms with van der Waals surface area (Å²) >= 11 is 0. The second-order valence-electron chi connectivity index (χ2n) is 7.50. The number of imidazole rings is 1. The van der Waals surface area contributed by atoms with Crippen LogP contribution in [-0.2, 0) is 25.6 Å². The number of hydrogen-bond donors (Lipinski definition) is 5. The van der Waals surface area contributed by atoms with Crippen LogP contribution < -0.4 is 16.4 Å². The molecule has 2 rings (SSSR count). The van der Waals surface area contributed by atoms with E-state index in [-0.39, 0.29) is 18.9 Å². The molecule has 0 saturated carbocycles. The highest BCUT2D eigenvalue weighted by Gasteiger charge is 2.38. The number of carbonyl (C=O) groups is 4. The normalized spacial score (nSPS) is 19.0. The lowest BCUT2D eigenvalue weighted by Gasteiger charge is -2.29. The SMILES string of the molecule is CCC(C)C(NC(=O)CN)C(=O)NC(Cc1cnc[nH]1)C(=O)N1CCCC1C(=O)O. The van der Waals surface area contributed by atoms with Gasteiger partial charge >= 0.3 is 5.97 Å². The Morgan fingerprint density at radius 2 is 2.10 bits per heavy atom. The third kappa shape index (κ3) is 5.78. The van der Waals surface area contributed by atoms with Gasteiger partial charge in [-0.05, 0) is 18.8 Å². The number of amides is 3. The number of nitrogens with zero attached hydrogens (tertiary/aromatic N) is 2. The summed E-state index contributed by atoms with van der Waals surface area (Å²) in [5.74, 6) is -2.73. The summed E-state index contributed by atoms with van der Waals surface area (Å²) in [7, 11) is 0. The number of carboxylic acid groups (broad SMARTS) is 1. The van der Waals surface area contributed by atoms with Gasteiger partial charge in [-0.1, -0.05) is 20.3 Å². The summed E-state index contributed by atoms with van der Waals surface area (Å²) in [5.41, 5.74) is 5.97. The molecule has 1 aromatic rings. The lowest BCUT2D eigenvalue weighted by Crippen LogP contribution is -2.58. The predicted octanol–water partition coefficient (Wildman–Crippen LogP) is -0.998. The number of aliphatic carboxylic acids is 1. The zero-order valence-electron chi connectivity index (χ0n) is 17.3. The summed E-state index contributed by atoms with van der Waals surface area (Å²) in [5, 5.41) is 14.7. The highest BCUT2D eigenvalue weighted by Crippen LogP contribution is 2.19. The van der Waals surface area contributed by atoms with Crippen molar-refractivity contribution in [3.63, 3.8) is 0 Å². The maximum atomic E-state index is 13.2. The summed E-state index contributed by atoms with van der Waals surface area (Å²) in [6.45, 7) is 3.75. The molecule has 3 amide bonds. The highest BCUT2D eigenvalue weighted by atomic mass is 16.4. The molecule has 0 aromatic carbocycles. The number of likely N-dealkylation sites (tertiary alicyclic amines) is 1. The van der Waals surface area contributed by atoms with E-state index in [1.807, 2.05) is 13.8 Å². The molecule has 1 aliphatic heterocycles. The molecule has 30 heavy (non-hydrogen) atoms. The third-order valence-corrected chi connectivity index (χ3v) is 5.41. The van der Waals surface area contributed by atoms with Crippen molar-refractivity contribution in [2.24, 2.45) is 11.7 Å². The average molecular weight is 422 g/mol. The Morgan fingerprint density at radius 3 is 2.67 bits per heavy atom. The molecular weight excluding hydrogens is 392 g/mol. The molecule has 0 bridgehead atoms. The Hall–Kier alpha value is -2.95. The summed E-state index contributed by atoms with van der Waals surface area (Å²) in [6, 6.07) is -2.78. The smallest absolute Gasteiger partial charge is 0.326 e. The van der Waals surface area contributed by atoms with Crippen molar-refractivity contribution in [1.29, 1.82) is 0 Å². The quantitative estimate of drug-likeness (QED) is 0.322. The fourth-order valence-corrected chi connectivity index (χ4v) is 3.50. The zero-order chi connectivity index (χ0) is 22.3. The Morgan fingerprint density at radius 1 is 1.37 bits per heavy atom. The largest absolute Gasteiger partial charge is 0.480 e. The predicted molar refractivity (Wildman–Crippen MR) is 107 cm³/mol. The van der Waals surface area contributed by atoms with Crippen LogP contribution in [0.3, 0.4) is 0 Å². The van der Waals surface area contributed by atoms with Crippen LogP contribution >= 0.6 is 0 Å². The first-order chi connectivity index (χ1) is 14.3. The molecule has 11 nitrogen and oxygen atoms in total. The second-order valence-corrected chi connectivity index (χ2v) is 7.50. The molecule has 1 aliphatic rings. The van der Waals surface area contributed by atoms with Crippen molar-refractivity contribution >= 4 is 23.7 Å². The molecular formula is C19H30N6O5. The molecule has 0 spiro atoms. The highest BCUT2D eigenvalue weighted by molar-refractivity contribution is 5.94. The van der Waals surface area contributed by atoms with E-state index in [1.54, 1.807) is 0 Å². The van der Waals surface area contributed by atoms with Crippen molar-refractivity contribution < 1.29 is 24.3 Å². The number of rotatable bonds is 10. The molecule has 166 valence electrons. The van der Waals surface area contributed by atoms with Crippen LogP contribution in [0.4, 0.5) is 0 Å². The number of nitrogens with two attached hydrogens (primary N) is 1. The summed E-state index contributed by atoms with van der Waals surface area (Å²) < 4.78 is 0. The molecule has 4 unspecified atom stereocenters. The Labute approximate surface area is 174 Å². The molecule has 0 radical (unpaired) electrons. The van der Waals surface area contributed by atoms with Gasteiger partial charge in [0, 0.05) is 24.9 Å². The zero-order valence-corrected chi connectivity index (χ0v) is 17.3. The van der Waals surface area contributed by atoms with E-state index >= 15 is 0 Å². The molecule has 2 heterocycles. The van der Waals surface area contributed by atoms with E-state index in [2.05, 4.69) is 20.6 Å². The molecule has 0 aliphatic carbocycles. The fourth-order valence-electron chi connectivity index (χ4n) is 3.50. The maximum Gasteiger partial charge on any atom is 0.326 e. The van der Waals surface area contributed by atoms with E-state index < -0.39 is 41.8 Å². The Bertz CT molecular complexity index is 753. The first-order valence-electron chi connectivity index (χ1n) is 10.1. The molecule has 6 N–H and O–H groups in total. The lowest BCUT2D eigenvalue weighted by atomic mass is 9.97. The summed E-state index contributed by atoms with van der Waals surface area (Å²) in [4.78, 5) is 57.6. The van der Waals surface area contributed by atoms with Crippen molar-refractivity contribution in [1.82, 2.24) is 25.5 Å². The number of carboxylic acids is 1. The Balaban J connectivity index is 2.23. The molecule has 11 heteroatoms. The van der Waals surface area contributed by atoms with Gasteiger partial charge in [-0.15, -0.1) is 0 Å². The Kier molecular flexibility index (Phi) is 8.34. The number of aromatic nitrogens is 2. The number of nitrogens with one attached hydrogen (secondary N) is 3. The van der Waals surface area contributed by atoms with Crippen LogP contribution in [0.25, 0.3) is 0 Å². The van der Waals surface area contributed by atoms with Gasteiger partial charge < -0.3 is 31.4 Å². The van der Waals surface area contributed by atoms with Crippen molar-refractivity contribution in [3.05, 3.63) is 18.2 Å². The standard InChI is InChI=1S/C19H30N6O5/c1-3-11(2)16(24-15(26)8-20)17(27)23-13(7-12-9-21-10-22-12)18(28)25-6-4-5-14(25)19(29)30/h9-11,13-14,16H,3-8,20H2,1-2H3,(H,21,22)(H,23,27)(H,24,26)(H,29,30). The minimum absolute atomic E-state index is 0.117. The van der Waals surface area contributed by atoms with Gasteiger partial charge in [-0.25, -0.2) is 9.78 Å². The van der Waals surface area contributed by atoms with Gasteiger partial charge in [0.15, 0.2) is 0 Å². The van der Waals surface area contributed by atoms with Crippen LogP contribution in [0, 0.1) is 5.92 Å². The number of carbonyl (C=O) groups excluding carboxylic acids is 3. The van der Waals surface area contributed by atoms with Crippen molar-refractivity contribution in [3.8, 4) is 0 Å². The number of aromatic amines is 1. The van der Waals surface area contributed by atoms with E-state index in [0.717, 1.165) is 0 Å². The van der Waals surface area contributed by atoms with Gasteiger partial charge in [-0.3, -0.25) is 14.4 Å². The lowest BCUT2D eigenvalue weighted by molar-refractivity contribution is -0.149. The first kappa shape index (κ1) is 23.3. The van der Waals surface area contributed by atoms with E-state index in [4.69, 9.17) is 5.73 Å². The van der Waals surface area contributed by atoms with E-state index in [0.29, 0.717) is 31.5 Å². The number of H-pyrrole nitrogens is 1. The second kappa shape index (κ2) is 10.7. The van der Waals surface area contributed by atoms with Crippen LogP contribution in [0.1, 0.15) is 38.8 Å². The van der Waals surface area contributed by atoms with Crippen LogP contribution in [0.2, 0.25) is 0 Å². The number of hydrogen-bond acceptors (Lipinski definition) is 6. The first-order valence-corrected chi connectivity index (χ1v) is 10.1. The molecule has 1 aromatic heterocycles. The third-order valence-electron chi connectivity index (χ3n) is 5.41. The van der Waals surface area contributed by atoms with E-state index in [1.165, 1.54) is 17.4 Å². The van der Waals surface area contributed by atoms with E-state index in [9.17, 15) is 24.3 Å².